The summed E-state index contributed by atoms with van der Waals surface area (Å²) in [6, 6.07) is 0. The first-order valence-corrected chi connectivity index (χ1v) is 9.04. The zero-order valence-electron chi connectivity index (χ0n) is 13.5. The van der Waals surface area contributed by atoms with Crippen LogP contribution in [0.25, 0.3) is 0 Å². The standard InChI is InChI=1S/C16H27FN4O2/c17-13-9-12(3-6-18-13)14-19-15(23-20-14)10-4-7-21(8-5-10)16(22)11-1-2-11/h10-15,18-20H,1-9H2. The van der Waals surface area contributed by atoms with E-state index in [4.69, 9.17) is 4.84 Å². The van der Waals surface area contributed by atoms with Gasteiger partial charge < -0.3 is 4.90 Å². The number of likely N-dealkylation sites (tertiary alicyclic amines) is 1. The van der Waals surface area contributed by atoms with Crippen molar-refractivity contribution >= 4 is 5.91 Å². The van der Waals surface area contributed by atoms with Crippen molar-refractivity contribution in [3.8, 4) is 0 Å². The molecule has 3 heterocycles. The van der Waals surface area contributed by atoms with Crippen molar-refractivity contribution in [3.05, 3.63) is 0 Å². The number of piperidine rings is 2. The fourth-order valence-corrected chi connectivity index (χ4v) is 4.06. The smallest absolute Gasteiger partial charge is 0.225 e. The molecule has 4 rings (SSSR count). The molecule has 3 aliphatic heterocycles. The molecule has 3 N–H and O–H groups in total. The molecule has 7 heteroatoms. The first kappa shape index (κ1) is 15.7. The maximum absolute atomic E-state index is 13.5. The van der Waals surface area contributed by atoms with Gasteiger partial charge in [-0.05, 0) is 51.0 Å². The number of halogens is 1. The van der Waals surface area contributed by atoms with Crippen LogP contribution in [0.5, 0.6) is 0 Å². The summed E-state index contributed by atoms with van der Waals surface area (Å²) in [4.78, 5) is 19.9. The number of carbonyl (C=O) groups excluding carboxylic acids is 1. The van der Waals surface area contributed by atoms with Gasteiger partial charge in [0.15, 0.2) is 6.30 Å². The van der Waals surface area contributed by atoms with E-state index in [9.17, 15) is 9.18 Å². The van der Waals surface area contributed by atoms with Crippen LogP contribution in [0.15, 0.2) is 0 Å². The van der Waals surface area contributed by atoms with Gasteiger partial charge in [-0.1, -0.05) is 0 Å². The summed E-state index contributed by atoms with van der Waals surface area (Å²) < 4.78 is 13.5. The SMILES string of the molecule is O=C(C1CC1)N1CCC(C2NC(C3CCNC(F)C3)NO2)CC1. The maximum Gasteiger partial charge on any atom is 0.225 e. The van der Waals surface area contributed by atoms with Gasteiger partial charge >= 0.3 is 0 Å². The number of carbonyl (C=O) groups is 1. The molecule has 3 saturated heterocycles. The van der Waals surface area contributed by atoms with Crippen molar-refractivity contribution in [1.29, 1.82) is 0 Å². The Morgan fingerprint density at radius 2 is 1.87 bits per heavy atom. The lowest BCUT2D eigenvalue weighted by Gasteiger charge is -2.34. The number of hydrogen-bond acceptors (Lipinski definition) is 5. The van der Waals surface area contributed by atoms with E-state index in [2.05, 4.69) is 16.1 Å². The van der Waals surface area contributed by atoms with Crippen molar-refractivity contribution in [1.82, 2.24) is 21.0 Å². The lowest BCUT2D eigenvalue weighted by Crippen LogP contribution is -2.49. The van der Waals surface area contributed by atoms with E-state index in [-0.39, 0.29) is 18.3 Å². The minimum absolute atomic E-state index is 0.0221. The monoisotopic (exact) mass is 326 g/mol. The van der Waals surface area contributed by atoms with E-state index in [1.165, 1.54) is 0 Å². The molecule has 23 heavy (non-hydrogen) atoms. The molecule has 4 fully saturated rings. The number of nitrogens with zero attached hydrogens (tertiary/aromatic N) is 1. The van der Waals surface area contributed by atoms with Crippen LogP contribution < -0.4 is 16.1 Å². The number of amides is 1. The molecule has 1 amide bonds. The van der Waals surface area contributed by atoms with E-state index in [1.807, 2.05) is 4.90 Å². The van der Waals surface area contributed by atoms with Crippen LogP contribution >= 0.6 is 0 Å². The quantitative estimate of drug-likeness (QED) is 0.667. The van der Waals surface area contributed by atoms with Gasteiger partial charge in [0.2, 0.25) is 5.91 Å². The van der Waals surface area contributed by atoms with E-state index >= 15 is 0 Å². The molecule has 0 radical (unpaired) electrons. The number of rotatable bonds is 3. The lowest BCUT2D eigenvalue weighted by atomic mass is 9.92. The van der Waals surface area contributed by atoms with Crippen LogP contribution in [0.2, 0.25) is 0 Å². The van der Waals surface area contributed by atoms with Gasteiger partial charge in [0.05, 0.1) is 6.17 Å². The Bertz CT molecular complexity index is 440. The third-order valence-corrected chi connectivity index (χ3v) is 5.73. The second-order valence-electron chi connectivity index (χ2n) is 7.44. The fourth-order valence-electron chi connectivity index (χ4n) is 4.06. The molecular formula is C16H27FN4O2. The van der Waals surface area contributed by atoms with Crippen molar-refractivity contribution < 1.29 is 14.0 Å². The van der Waals surface area contributed by atoms with Crippen LogP contribution in [0.1, 0.15) is 38.5 Å². The molecule has 130 valence electrons. The third-order valence-electron chi connectivity index (χ3n) is 5.73. The van der Waals surface area contributed by atoms with Crippen molar-refractivity contribution in [2.24, 2.45) is 17.8 Å². The summed E-state index contributed by atoms with van der Waals surface area (Å²) in [5.41, 5.74) is 3.07. The van der Waals surface area contributed by atoms with Crippen LogP contribution in [0, 0.1) is 17.8 Å². The molecule has 4 aliphatic rings. The first-order valence-electron chi connectivity index (χ1n) is 9.04. The highest BCUT2D eigenvalue weighted by Gasteiger charge is 2.40. The van der Waals surface area contributed by atoms with Gasteiger partial charge in [-0.2, -0.15) is 5.48 Å². The van der Waals surface area contributed by atoms with Gasteiger partial charge in [-0.3, -0.25) is 20.3 Å². The fraction of sp³-hybridized carbons (Fsp3) is 0.938. The Morgan fingerprint density at radius 3 is 2.57 bits per heavy atom. The van der Waals surface area contributed by atoms with Gasteiger partial charge in [0.25, 0.3) is 0 Å². The van der Waals surface area contributed by atoms with Crippen molar-refractivity contribution in [2.45, 2.75) is 57.2 Å². The summed E-state index contributed by atoms with van der Waals surface area (Å²) in [7, 11) is 0. The number of hydroxylamine groups is 1. The molecule has 4 unspecified atom stereocenters. The molecule has 0 aromatic heterocycles. The van der Waals surface area contributed by atoms with Crippen LogP contribution in [-0.4, -0.2) is 49.1 Å². The Morgan fingerprint density at radius 1 is 1.09 bits per heavy atom. The Kier molecular flexibility index (Phi) is 4.54. The average Bonchev–Trinajstić information content (AvgIpc) is 3.31. The van der Waals surface area contributed by atoms with E-state index in [0.29, 0.717) is 24.2 Å². The number of hydrogen-bond donors (Lipinski definition) is 3. The minimum atomic E-state index is -0.909. The molecule has 0 bridgehead atoms. The largest absolute Gasteiger partial charge is 0.342 e. The maximum atomic E-state index is 13.5. The van der Waals surface area contributed by atoms with Crippen molar-refractivity contribution in [3.63, 3.8) is 0 Å². The average molecular weight is 326 g/mol. The zero-order valence-corrected chi connectivity index (χ0v) is 13.5. The van der Waals surface area contributed by atoms with Crippen LogP contribution in [0.3, 0.4) is 0 Å². The molecule has 1 aliphatic carbocycles. The molecule has 0 aromatic rings. The second-order valence-corrected chi connectivity index (χ2v) is 7.44. The summed E-state index contributed by atoms with van der Waals surface area (Å²) in [6.45, 7) is 2.40. The minimum Gasteiger partial charge on any atom is -0.342 e. The topological polar surface area (TPSA) is 65.6 Å². The molecule has 0 aromatic carbocycles. The third kappa shape index (κ3) is 3.52. The lowest BCUT2D eigenvalue weighted by molar-refractivity contribution is -0.135. The Balaban J connectivity index is 1.25. The highest BCUT2D eigenvalue weighted by molar-refractivity contribution is 5.81. The van der Waals surface area contributed by atoms with Gasteiger partial charge in [0, 0.05) is 24.9 Å². The van der Waals surface area contributed by atoms with Gasteiger partial charge in [-0.25, -0.2) is 4.39 Å². The van der Waals surface area contributed by atoms with Crippen molar-refractivity contribution in [2.75, 3.05) is 19.6 Å². The number of nitrogens with one attached hydrogen (secondary N) is 3. The van der Waals surface area contributed by atoms with Gasteiger partial charge in [0.1, 0.15) is 6.23 Å². The highest BCUT2D eigenvalue weighted by Crippen LogP contribution is 2.33. The van der Waals surface area contributed by atoms with Gasteiger partial charge in [-0.15, -0.1) is 0 Å². The molecule has 1 saturated carbocycles. The molecule has 6 nitrogen and oxygen atoms in total. The number of alkyl halides is 1. The normalized spacial score (nSPS) is 39.6. The predicted octanol–water partition coefficient (Wildman–Crippen LogP) is 0.707. The first-order chi connectivity index (χ1) is 11.2. The zero-order chi connectivity index (χ0) is 15.8. The Labute approximate surface area is 136 Å². The highest BCUT2D eigenvalue weighted by atomic mass is 19.1. The summed E-state index contributed by atoms with van der Waals surface area (Å²) in [5, 5.41) is 6.34. The van der Waals surface area contributed by atoms with E-state index in [1.54, 1.807) is 0 Å². The summed E-state index contributed by atoms with van der Waals surface area (Å²) >= 11 is 0. The predicted molar refractivity (Wildman–Crippen MR) is 82.6 cm³/mol. The van der Waals surface area contributed by atoms with Crippen LogP contribution in [-0.2, 0) is 9.63 Å². The summed E-state index contributed by atoms with van der Waals surface area (Å²) in [6.07, 6.45) is 4.67. The molecule has 0 spiro atoms. The Hall–Kier alpha value is -0.760. The van der Waals surface area contributed by atoms with E-state index in [0.717, 1.165) is 51.7 Å². The summed E-state index contributed by atoms with van der Waals surface area (Å²) in [5.74, 6) is 1.34. The van der Waals surface area contributed by atoms with Crippen LogP contribution in [0.4, 0.5) is 4.39 Å². The molecular weight excluding hydrogens is 299 g/mol. The second kappa shape index (κ2) is 6.63. The molecule has 4 atom stereocenters. The van der Waals surface area contributed by atoms with E-state index < -0.39 is 6.30 Å².